The van der Waals surface area contributed by atoms with Crippen LogP contribution < -0.4 is 0 Å². The van der Waals surface area contributed by atoms with Crippen LogP contribution in [0, 0.1) is 6.92 Å². The Bertz CT molecular complexity index is 491. The number of esters is 2. The Morgan fingerprint density at radius 3 is 1.64 bits per heavy atom. The minimum atomic E-state index is -0.995. The summed E-state index contributed by atoms with van der Waals surface area (Å²) in [6, 6.07) is 4.06. The molecule has 0 bridgehead atoms. The lowest BCUT2D eigenvalue weighted by Gasteiger charge is -2.21. The molecular weight excluding hydrogens is 280 g/mol. The van der Waals surface area contributed by atoms with Crippen molar-refractivity contribution < 1.29 is 19.1 Å². The molecule has 1 aromatic carbocycles. The fourth-order valence-corrected chi connectivity index (χ4v) is 2.69. The summed E-state index contributed by atoms with van der Waals surface area (Å²) in [4.78, 5) is 24.7. The van der Waals surface area contributed by atoms with Crippen molar-refractivity contribution in [3.63, 3.8) is 0 Å². The van der Waals surface area contributed by atoms with Gasteiger partial charge in [0.05, 0.1) is 13.2 Å². The first-order valence-electron chi connectivity index (χ1n) is 7.95. The second-order valence-corrected chi connectivity index (χ2v) is 5.14. The summed E-state index contributed by atoms with van der Waals surface area (Å²) in [5.41, 5.74) is 3.89. The van der Waals surface area contributed by atoms with Crippen LogP contribution in [0.2, 0.25) is 0 Å². The van der Waals surface area contributed by atoms with E-state index in [4.69, 9.17) is 9.47 Å². The summed E-state index contributed by atoms with van der Waals surface area (Å²) in [6.07, 6.45) is 1.50. The second-order valence-electron chi connectivity index (χ2n) is 5.14. The van der Waals surface area contributed by atoms with Gasteiger partial charge in [-0.1, -0.05) is 31.5 Å². The molecule has 1 rings (SSSR count). The predicted octanol–water partition coefficient (Wildman–Crippen LogP) is 3.33. The lowest BCUT2D eigenvalue weighted by Crippen LogP contribution is -2.28. The zero-order valence-corrected chi connectivity index (χ0v) is 14.2. The maximum Gasteiger partial charge on any atom is 0.324 e. The summed E-state index contributed by atoms with van der Waals surface area (Å²) in [5, 5.41) is 0. The molecule has 0 fully saturated rings. The van der Waals surface area contributed by atoms with E-state index in [9.17, 15) is 9.59 Å². The molecule has 22 heavy (non-hydrogen) atoms. The molecule has 4 nitrogen and oxygen atoms in total. The van der Waals surface area contributed by atoms with Crippen LogP contribution >= 0.6 is 0 Å². The summed E-state index contributed by atoms with van der Waals surface area (Å²) < 4.78 is 10.2. The van der Waals surface area contributed by atoms with Crippen molar-refractivity contribution in [2.45, 2.75) is 53.4 Å². The van der Waals surface area contributed by atoms with Crippen molar-refractivity contribution in [3.05, 3.63) is 34.4 Å². The van der Waals surface area contributed by atoms with Gasteiger partial charge >= 0.3 is 11.9 Å². The number of carbonyl (C=O) groups excluding carboxylic acids is 2. The van der Waals surface area contributed by atoms with Crippen LogP contribution in [0.5, 0.6) is 0 Å². The smallest absolute Gasteiger partial charge is 0.324 e. The minimum Gasteiger partial charge on any atom is -0.465 e. The molecule has 0 aliphatic heterocycles. The molecule has 0 unspecified atom stereocenters. The van der Waals surface area contributed by atoms with Crippen LogP contribution in [0.15, 0.2) is 12.1 Å². The molecule has 1 aromatic rings. The van der Waals surface area contributed by atoms with Gasteiger partial charge in [-0.25, -0.2) is 0 Å². The molecular formula is C18H26O4. The van der Waals surface area contributed by atoms with E-state index in [1.165, 1.54) is 0 Å². The summed E-state index contributed by atoms with van der Waals surface area (Å²) >= 11 is 0. The average molecular weight is 306 g/mol. The number of benzene rings is 1. The van der Waals surface area contributed by atoms with Crippen LogP contribution in [-0.4, -0.2) is 25.2 Å². The molecule has 0 atom stereocenters. The van der Waals surface area contributed by atoms with E-state index in [0.29, 0.717) is 0 Å². The third-order valence-corrected chi connectivity index (χ3v) is 3.59. The first-order valence-corrected chi connectivity index (χ1v) is 7.95. The van der Waals surface area contributed by atoms with E-state index in [1.807, 2.05) is 32.9 Å². The van der Waals surface area contributed by atoms with Crippen molar-refractivity contribution in [1.82, 2.24) is 0 Å². The molecule has 0 saturated carbocycles. The standard InChI is InChI=1S/C18H26O4/c1-6-13-10-12(5)11-14(7-2)15(13)16(17(19)21-8-3)18(20)22-9-4/h10-11,16H,6-9H2,1-5H3. The number of carbonyl (C=O) groups is 2. The molecule has 122 valence electrons. The van der Waals surface area contributed by atoms with Crippen LogP contribution in [0.1, 0.15) is 55.9 Å². The molecule has 0 aliphatic carbocycles. The topological polar surface area (TPSA) is 52.6 Å². The first kappa shape index (κ1) is 18.2. The van der Waals surface area contributed by atoms with E-state index in [-0.39, 0.29) is 13.2 Å². The number of hydrogen-bond acceptors (Lipinski definition) is 4. The first-order chi connectivity index (χ1) is 10.5. The monoisotopic (exact) mass is 306 g/mol. The van der Waals surface area contributed by atoms with Gasteiger partial charge in [0.25, 0.3) is 0 Å². The lowest BCUT2D eigenvalue weighted by atomic mass is 9.86. The Labute approximate surface area is 132 Å². The van der Waals surface area contributed by atoms with Crippen molar-refractivity contribution >= 4 is 11.9 Å². The molecule has 0 amide bonds. The Morgan fingerprint density at radius 2 is 1.32 bits per heavy atom. The fraction of sp³-hybridized carbons (Fsp3) is 0.556. The SMILES string of the molecule is CCOC(=O)C(C(=O)OCC)c1c(CC)cc(C)cc1CC. The van der Waals surface area contributed by atoms with Crippen molar-refractivity contribution in [2.24, 2.45) is 0 Å². The number of hydrogen-bond donors (Lipinski definition) is 0. The highest BCUT2D eigenvalue weighted by Crippen LogP contribution is 2.29. The van der Waals surface area contributed by atoms with Gasteiger partial charge in [0.1, 0.15) is 0 Å². The minimum absolute atomic E-state index is 0.240. The van der Waals surface area contributed by atoms with E-state index < -0.39 is 17.9 Å². The van der Waals surface area contributed by atoms with Crippen molar-refractivity contribution in [2.75, 3.05) is 13.2 Å². The Kier molecular flexibility index (Phi) is 7.09. The third-order valence-electron chi connectivity index (χ3n) is 3.59. The molecule has 4 heteroatoms. The number of aryl methyl sites for hydroxylation is 3. The predicted molar refractivity (Wildman–Crippen MR) is 85.9 cm³/mol. The van der Waals surface area contributed by atoms with Crippen molar-refractivity contribution in [3.8, 4) is 0 Å². The lowest BCUT2D eigenvalue weighted by molar-refractivity contribution is -0.157. The van der Waals surface area contributed by atoms with Gasteiger partial charge in [-0.05, 0) is 50.3 Å². The normalized spacial score (nSPS) is 10.6. The molecule has 0 heterocycles. The van der Waals surface area contributed by atoms with Gasteiger partial charge in [0, 0.05) is 0 Å². The van der Waals surface area contributed by atoms with Crippen molar-refractivity contribution in [1.29, 1.82) is 0 Å². The third kappa shape index (κ3) is 4.09. The van der Waals surface area contributed by atoms with E-state index >= 15 is 0 Å². The molecule has 0 spiro atoms. The highest BCUT2D eigenvalue weighted by molar-refractivity contribution is 6.01. The maximum atomic E-state index is 12.4. The summed E-state index contributed by atoms with van der Waals surface area (Å²) in [5.74, 6) is -2.06. The van der Waals surface area contributed by atoms with Gasteiger partial charge < -0.3 is 9.47 Å². The molecule has 0 aliphatic rings. The van der Waals surface area contributed by atoms with E-state index in [0.717, 1.165) is 35.1 Å². The van der Waals surface area contributed by atoms with Gasteiger partial charge in [-0.15, -0.1) is 0 Å². The summed E-state index contributed by atoms with van der Waals surface area (Å²) in [7, 11) is 0. The Hall–Kier alpha value is -1.84. The maximum absolute atomic E-state index is 12.4. The molecule has 0 radical (unpaired) electrons. The Morgan fingerprint density at radius 1 is 0.909 bits per heavy atom. The van der Waals surface area contributed by atoms with Crippen LogP contribution in [-0.2, 0) is 31.9 Å². The largest absolute Gasteiger partial charge is 0.465 e. The fourth-order valence-electron chi connectivity index (χ4n) is 2.69. The summed E-state index contributed by atoms with van der Waals surface area (Å²) in [6.45, 7) is 10.0. The molecule has 0 aromatic heterocycles. The van der Waals surface area contributed by atoms with Gasteiger partial charge in [-0.3, -0.25) is 9.59 Å². The number of rotatable bonds is 7. The average Bonchev–Trinajstić information content (AvgIpc) is 2.48. The molecule has 0 saturated heterocycles. The highest BCUT2D eigenvalue weighted by Gasteiger charge is 2.34. The van der Waals surface area contributed by atoms with E-state index in [1.54, 1.807) is 13.8 Å². The van der Waals surface area contributed by atoms with E-state index in [2.05, 4.69) is 0 Å². The second kappa shape index (κ2) is 8.57. The van der Waals surface area contributed by atoms with Crippen LogP contribution in [0.4, 0.5) is 0 Å². The molecule has 0 N–H and O–H groups in total. The van der Waals surface area contributed by atoms with Gasteiger partial charge in [0.15, 0.2) is 5.92 Å². The van der Waals surface area contributed by atoms with Crippen LogP contribution in [0.25, 0.3) is 0 Å². The van der Waals surface area contributed by atoms with Gasteiger partial charge in [0.2, 0.25) is 0 Å². The van der Waals surface area contributed by atoms with Crippen LogP contribution in [0.3, 0.4) is 0 Å². The number of ether oxygens (including phenoxy) is 2. The quantitative estimate of drug-likeness (QED) is 0.573. The Balaban J connectivity index is 3.46. The highest BCUT2D eigenvalue weighted by atomic mass is 16.6. The zero-order valence-electron chi connectivity index (χ0n) is 14.2. The van der Waals surface area contributed by atoms with Gasteiger partial charge in [-0.2, -0.15) is 0 Å². The zero-order chi connectivity index (χ0) is 16.7.